The zero-order valence-corrected chi connectivity index (χ0v) is 9.91. The van der Waals surface area contributed by atoms with Gasteiger partial charge in [-0.05, 0) is 6.07 Å². The zero-order chi connectivity index (χ0) is 13.1. The van der Waals surface area contributed by atoms with E-state index in [9.17, 15) is 9.59 Å². The predicted molar refractivity (Wildman–Crippen MR) is 64.6 cm³/mol. The Bertz CT molecular complexity index is 627. The SMILES string of the molecule is Cn1ccnc1CCn1ccc(C(=O)O)cc1=O. The Hall–Kier alpha value is -2.37. The third-order valence-electron chi connectivity index (χ3n) is 2.74. The minimum absolute atomic E-state index is 0.00763. The van der Waals surface area contributed by atoms with Gasteiger partial charge in [0, 0.05) is 44.7 Å². The summed E-state index contributed by atoms with van der Waals surface area (Å²) >= 11 is 0. The van der Waals surface area contributed by atoms with Crippen LogP contribution in [0.4, 0.5) is 0 Å². The predicted octanol–water partition coefficient (Wildman–Crippen LogP) is 0.523. The summed E-state index contributed by atoms with van der Waals surface area (Å²) in [6.45, 7) is 0.476. The lowest BCUT2D eigenvalue weighted by Gasteiger charge is -2.06. The molecular formula is C12H13N3O3. The number of hydrogen-bond donors (Lipinski definition) is 1. The van der Waals surface area contributed by atoms with E-state index < -0.39 is 5.97 Å². The maximum absolute atomic E-state index is 11.7. The zero-order valence-electron chi connectivity index (χ0n) is 9.91. The highest BCUT2D eigenvalue weighted by Gasteiger charge is 2.06. The summed E-state index contributed by atoms with van der Waals surface area (Å²) in [5.41, 5.74) is -0.308. The van der Waals surface area contributed by atoms with Crippen molar-refractivity contribution in [3.8, 4) is 0 Å². The lowest BCUT2D eigenvalue weighted by molar-refractivity contribution is 0.0696. The van der Waals surface area contributed by atoms with Gasteiger partial charge in [0.15, 0.2) is 0 Å². The van der Waals surface area contributed by atoms with E-state index in [0.717, 1.165) is 11.9 Å². The van der Waals surface area contributed by atoms with Gasteiger partial charge in [0.05, 0.1) is 5.56 Å². The highest BCUT2D eigenvalue weighted by atomic mass is 16.4. The van der Waals surface area contributed by atoms with Crippen LogP contribution in [0.3, 0.4) is 0 Å². The van der Waals surface area contributed by atoms with Crippen LogP contribution < -0.4 is 5.56 Å². The number of rotatable bonds is 4. The van der Waals surface area contributed by atoms with E-state index in [1.807, 2.05) is 17.8 Å². The number of aromatic nitrogens is 3. The normalized spacial score (nSPS) is 10.5. The van der Waals surface area contributed by atoms with E-state index in [4.69, 9.17) is 5.11 Å². The lowest BCUT2D eigenvalue weighted by atomic mass is 10.2. The van der Waals surface area contributed by atoms with Crippen LogP contribution >= 0.6 is 0 Å². The van der Waals surface area contributed by atoms with Crippen molar-refractivity contribution in [2.75, 3.05) is 0 Å². The van der Waals surface area contributed by atoms with Gasteiger partial charge in [-0.2, -0.15) is 0 Å². The summed E-state index contributed by atoms with van der Waals surface area (Å²) in [7, 11) is 1.89. The van der Waals surface area contributed by atoms with Crippen molar-refractivity contribution in [3.05, 3.63) is 52.5 Å². The Morgan fingerprint density at radius 2 is 2.22 bits per heavy atom. The van der Waals surface area contributed by atoms with Crippen molar-refractivity contribution < 1.29 is 9.90 Å². The van der Waals surface area contributed by atoms with Crippen LogP contribution in [0.2, 0.25) is 0 Å². The van der Waals surface area contributed by atoms with Crippen LogP contribution in [0.25, 0.3) is 0 Å². The molecule has 0 aromatic carbocycles. The van der Waals surface area contributed by atoms with Gasteiger partial charge in [0.2, 0.25) is 0 Å². The number of carboxylic acids is 1. The van der Waals surface area contributed by atoms with Crippen LogP contribution in [0.5, 0.6) is 0 Å². The molecule has 18 heavy (non-hydrogen) atoms. The van der Waals surface area contributed by atoms with Crippen molar-refractivity contribution in [2.24, 2.45) is 7.05 Å². The number of aryl methyl sites for hydroxylation is 3. The number of carbonyl (C=O) groups is 1. The molecule has 2 aromatic rings. The molecule has 0 saturated carbocycles. The van der Waals surface area contributed by atoms with E-state index in [-0.39, 0.29) is 11.1 Å². The molecule has 0 unspecified atom stereocenters. The Morgan fingerprint density at radius 1 is 1.44 bits per heavy atom. The lowest BCUT2D eigenvalue weighted by Crippen LogP contribution is -2.21. The van der Waals surface area contributed by atoms with Crippen molar-refractivity contribution in [3.63, 3.8) is 0 Å². The Kier molecular flexibility index (Phi) is 3.27. The first-order valence-corrected chi connectivity index (χ1v) is 5.48. The molecule has 1 N–H and O–H groups in total. The van der Waals surface area contributed by atoms with Crippen LogP contribution in [0.1, 0.15) is 16.2 Å². The quantitative estimate of drug-likeness (QED) is 0.854. The molecule has 2 rings (SSSR count). The highest BCUT2D eigenvalue weighted by Crippen LogP contribution is 1.99. The number of aromatic carboxylic acids is 1. The molecule has 0 aliphatic rings. The summed E-state index contributed by atoms with van der Waals surface area (Å²) in [6.07, 6.45) is 5.65. The molecule has 0 atom stereocenters. The molecule has 6 nitrogen and oxygen atoms in total. The summed E-state index contributed by atoms with van der Waals surface area (Å²) < 4.78 is 3.36. The summed E-state index contributed by atoms with van der Waals surface area (Å²) in [4.78, 5) is 26.5. The number of imidazole rings is 1. The minimum atomic E-state index is -1.09. The summed E-state index contributed by atoms with van der Waals surface area (Å²) in [5.74, 6) is -0.215. The third-order valence-corrected chi connectivity index (χ3v) is 2.74. The monoisotopic (exact) mass is 247 g/mol. The number of carboxylic acid groups (broad SMARTS) is 1. The maximum Gasteiger partial charge on any atom is 0.335 e. The molecule has 0 fully saturated rings. The van der Waals surface area contributed by atoms with E-state index >= 15 is 0 Å². The first kappa shape index (κ1) is 12.1. The molecule has 94 valence electrons. The highest BCUT2D eigenvalue weighted by molar-refractivity contribution is 5.87. The molecule has 2 aromatic heterocycles. The first-order chi connectivity index (χ1) is 8.58. The fourth-order valence-electron chi connectivity index (χ4n) is 1.68. The second kappa shape index (κ2) is 4.87. The largest absolute Gasteiger partial charge is 0.478 e. The summed E-state index contributed by atoms with van der Waals surface area (Å²) in [6, 6.07) is 2.54. The average molecular weight is 247 g/mol. The molecule has 2 heterocycles. The van der Waals surface area contributed by atoms with E-state index in [2.05, 4.69) is 4.98 Å². The van der Waals surface area contributed by atoms with Gasteiger partial charge in [-0.25, -0.2) is 9.78 Å². The standard InChI is InChI=1S/C12H13N3O3/c1-14-7-4-13-10(14)3-6-15-5-2-9(12(17)18)8-11(15)16/h2,4-5,7-8H,3,6H2,1H3,(H,17,18). The Labute approximate surface area is 103 Å². The van der Waals surface area contributed by atoms with Crippen LogP contribution in [-0.2, 0) is 20.0 Å². The summed E-state index contributed by atoms with van der Waals surface area (Å²) in [5, 5.41) is 8.76. The maximum atomic E-state index is 11.7. The molecule has 0 saturated heterocycles. The second-order valence-corrected chi connectivity index (χ2v) is 3.96. The van der Waals surface area contributed by atoms with Gasteiger partial charge in [-0.15, -0.1) is 0 Å². The van der Waals surface area contributed by atoms with E-state index in [1.165, 1.54) is 16.8 Å². The fourth-order valence-corrected chi connectivity index (χ4v) is 1.68. The van der Waals surface area contributed by atoms with Crippen molar-refractivity contribution >= 4 is 5.97 Å². The topological polar surface area (TPSA) is 77.1 Å². The van der Waals surface area contributed by atoms with Crippen molar-refractivity contribution in [1.82, 2.24) is 14.1 Å². The Balaban J connectivity index is 2.13. The number of hydrogen-bond acceptors (Lipinski definition) is 3. The molecule has 6 heteroatoms. The average Bonchev–Trinajstić information content (AvgIpc) is 2.73. The molecule has 0 spiro atoms. The Morgan fingerprint density at radius 3 is 2.78 bits per heavy atom. The minimum Gasteiger partial charge on any atom is -0.478 e. The second-order valence-electron chi connectivity index (χ2n) is 3.96. The van der Waals surface area contributed by atoms with Gasteiger partial charge in [-0.3, -0.25) is 4.79 Å². The van der Waals surface area contributed by atoms with Crippen LogP contribution in [0.15, 0.2) is 35.5 Å². The molecule has 0 aliphatic carbocycles. The van der Waals surface area contributed by atoms with Crippen LogP contribution in [-0.4, -0.2) is 25.2 Å². The van der Waals surface area contributed by atoms with E-state index in [0.29, 0.717) is 13.0 Å². The third kappa shape index (κ3) is 2.48. The smallest absolute Gasteiger partial charge is 0.335 e. The molecule has 0 amide bonds. The van der Waals surface area contributed by atoms with Gasteiger partial charge in [-0.1, -0.05) is 0 Å². The van der Waals surface area contributed by atoms with Crippen LogP contribution in [0, 0.1) is 0 Å². The number of pyridine rings is 1. The molecular weight excluding hydrogens is 234 g/mol. The van der Waals surface area contributed by atoms with Gasteiger partial charge >= 0.3 is 5.97 Å². The molecule has 0 aliphatic heterocycles. The van der Waals surface area contributed by atoms with Gasteiger partial charge in [0.25, 0.3) is 5.56 Å². The molecule has 0 radical (unpaired) electrons. The number of nitrogens with zero attached hydrogens (tertiary/aromatic N) is 3. The molecule has 0 bridgehead atoms. The van der Waals surface area contributed by atoms with E-state index in [1.54, 1.807) is 6.20 Å². The van der Waals surface area contributed by atoms with Gasteiger partial charge < -0.3 is 14.2 Å². The van der Waals surface area contributed by atoms with Gasteiger partial charge in [0.1, 0.15) is 5.82 Å². The van der Waals surface area contributed by atoms with Crippen molar-refractivity contribution in [1.29, 1.82) is 0 Å². The van der Waals surface area contributed by atoms with Crippen molar-refractivity contribution in [2.45, 2.75) is 13.0 Å². The fraction of sp³-hybridized carbons (Fsp3) is 0.250. The first-order valence-electron chi connectivity index (χ1n) is 5.48.